The Morgan fingerprint density at radius 3 is 2.75 bits per heavy atom. The molecular formula is C12H15N3O. The van der Waals surface area contributed by atoms with Gasteiger partial charge in [0, 0.05) is 31.5 Å². The first-order valence-electron chi connectivity index (χ1n) is 5.73. The minimum atomic E-state index is 0.130. The molecule has 1 saturated carbocycles. The van der Waals surface area contributed by atoms with Crippen LogP contribution in [0, 0.1) is 11.8 Å². The Morgan fingerprint density at radius 2 is 2.06 bits per heavy atom. The second-order valence-corrected chi connectivity index (χ2v) is 4.61. The highest BCUT2D eigenvalue weighted by molar-refractivity contribution is 5.79. The lowest BCUT2D eigenvalue weighted by Gasteiger charge is -2.07. The van der Waals surface area contributed by atoms with E-state index in [9.17, 15) is 4.79 Å². The molecule has 1 aliphatic heterocycles. The molecule has 1 aliphatic carbocycles. The summed E-state index contributed by atoms with van der Waals surface area (Å²) in [7, 11) is 0. The molecule has 2 atom stereocenters. The van der Waals surface area contributed by atoms with Crippen LogP contribution in [-0.4, -0.2) is 30.0 Å². The van der Waals surface area contributed by atoms with Crippen LogP contribution >= 0.6 is 0 Å². The van der Waals surface area contributed by atoms with E-state index in [1.54, 1.807) is 12.4 Å². The van der Waals surface area contributed by atoms with Crippen LogP contribution in [0.5, 0.6) is 0 Å². The van der Waals surface area contributed by atoms with Crippen molar-refractivity contribution in [3.63, 3.8) is 0 Å². The number of nitrogens with zero attached hydrogens (tertiary/aromatic N) is 1. The molecule has 1 saturated heterocycles. The third kappa shape index (κ3) is 1.80. The number of pyridine rings is 1. The van der Waals surface area contributed by atoms with Crippen molar-refractivity contribution in [3.8, 4) is 0 Å². The highest BCUT2D eigenvalue weighted by Crippen LogP contribution is 2.41. The lowest BCUT2D eigenvalue weighted by Crippen LogP contribution is -2.33. The molecule has 1 amide bonds. The number of nitrogens with one attached hydrogen (secondary N) is 2. The number of aromatic nitrogens is 1. The predicted octanol–water partition coefficient (Wildman–Crippen LogP) is -0.0419. The van der Waals surface area contributed by atoms with Crippen LogP contribution in [0.25, 0.3) is 0 Å². The lowest BCUT2D eigenvalue weighted by atomic mass is 10.2. The van der Waals surface area contributed by atoms with Gasteiger partial charge in [-0.25, -0.2) is 0 Å². The summed E-state index contributed by atoms with van der Waals surface area (Å²) in [5, 5.41) is 6.42. The number of hydrogen-bond acceptors (Lipinski definition) is 3. The van der Waals surface area contributed by atoms with Crippen LogP contribution in [-0.2, 0) is 11.2 Å². The molecular weight excluding hydrogens is 202 g/mol. The van der Waals surface area contributed by atoms with Crippen LogP contribution in [0.4, 0.5) is 0 Å². The van der Waals surface area contributed by atoms with Gasteiger partial charge in [-0.2, -0.15) is 0 Å². The molecule has 0 bridgehead atoms. The van der Waals surface area contributed by atoms with Gasteiger partial charge in [0.05, 0.1) is 6.42 Å². The Labute approximate surface area is 94.5 Å². The molecule has 4 nitrogen and oxygen atoms in total. The van der Waals surface area contributed by atoms with Crippen LogP contribution in [0.15, 0.2) is 24.5 Å². The maximum Gasteiger partial charge on any atom is 0.224 e. The van der Waals surface area contributed by atoms with Crippen molar-refractivity contribution in [2.24, 2.45) is 11.8 Å². The van der Waals surface area contributed by atoms with E-state index < -0.39 is 0 Å². The minimum Gasteiger partial charge on any atom is -0.352 e. The van der Waals surface area contributed by atoms with Crippen molar-refractivity contribution in [1.29, 1.82) is 0 Å². The highest BCUT2D eigenvalue weighted by atomic mass is 16.1. The smallest absolute Gasteiger partial charge is 0.224 e. The molecule has 1 aromatic rings. The van der Waals surface area contributed by atoms with Gasteiger partial charge in [0.2, 0.25) is 5.91 Å². The first-order valence-corrected chi connectivity index (χ1v) is 5.73. The Bertz CT molecular complexity index is 383. The molecule has 2 N–H and O–H groups in total. The molecule has 2 fully saturated rings. The van der Waals surface area contributed by atoms with Gasteiger partial charge in [-0.3, -0.25) is 9.78 Å². The normalized spacial score (nSPS) is 30.9. The van der Waals surface area contributed by atoms with E-state index in [2.05, 4.69) is 15.6 Å². The predicted molar refractivity (Wildman–Crippen MR) is 59.7 cm³/mol. The molecule has 2 heterocycles. The molecule has 1 aromatic heterocycles. The Balaban J connectivity index is 1.51. The zero-order chi connectivity index (χ0) is 11.0. The number of carbonyl (C=O) groups is 1. The van der Waals surface area contributed by atoms with Crippen molar-refractivity contribution in [1.82, 2.24) is 15.6 Å². The molecule has 4 heteroatoms. The second kappa shape index (κ2) is 3.87. The molecule has 0 spiro atoms. The van der Waals surface area contributed by atoms with Crippen molar-refractivity contribution in [2.75, 3.05) is 13.1 Å². The molecule has 0 radical (unpaired) electrons. The van der Waals surface area contributed by atoms with Crippen molar-refractivity contribution in [3.05, 3.63) is 30.1 Å². The summed E-state index contributed by atoms with van der Waals surface area (Å²) in [4.78, 5) is 15.7. The van der Waals surface area contributed by atoms with Crippen molar-refractivity contribution in [2.45, 2.75) is 12.5 Å². The third-order valence-electron chi connectivity index (χ3n) is 3.53. The van der Waals surface area contributed by atoms with Crippen molar-refractivity contribution < 1.29 is 4.79 Å². The third-order valence-corrected chi connectivity index (χ3v) is 3.53. The van der Waals surface area contributed by atoms with E-state index >= 15 is 0 Å². The second-order valence-electron chi connectivity index (χ2n) is 4.61. The number of carbonyl (C=O) groups excluding carboxylic acids is 1. The number of rotatable bonds is 3. The largest absolute Gasteiger partial charge is 0.352 e. The quantitative estimate of drug-likeness (QED) is 0.747. The summed E-state index contributed by atoms with van der Waals surface area (Å²) >= 11 is 0. The first kappa shape index (κ1) is 9.78. The Kier molecular flexibility index (Phi) is 2.36. The SMILES string of the molecule is O=C(Cc1ccncc1)NC1C2CNCC21. The van der Waals surface area contributed by atoms with Gasteiger partial charge >= 0.3 is 0 Å². The minimum absolute atomic E-state index is 0.130. The Hall–Kier alpha value is -1.42. The van der Waals surface area contributed by atoms with Gasteiger partial charge < -0.3 is 10.6 Å². The standard InChI is InChI=1S/C12H15N3O/c16-11(5-8-1-3-13-4-2-8)15-12-9-6-14-7-10(9)12/h1-4,9-10,12,14H,5-7H2,(H,15,16). The maximum absolute atomic E-state index is 11.7. The van der Waals surface area contributed by atoms with E-state index in [1.807, 2.05) is 12.1 Å². The average Bonchev–Trinajstić information content (AvgIpc) is 2.76. The molecule has 84 valence electrons. The number of amides is 1. The van der Waals surface area contributed by atoms with Crippen LogP contribution in [0.1, 0.15) is 5.56 Å². The number of piperidine rings is 1. The van der Waals surface area contributed by atoms with Crippen molar-refractivity contribution >= 4 is 5.91 Å². The first-order chi connectivity index (χ1) is 7.84. The van der Waals surface area contributed by atoms with E-state index in [0.717, 1.165) is 18.7 Å². The number of hydrogen-bond donors (Lipinski definition) is 2. The van der Waals surface area contributed by atoms with Gasteiger partial charge in [-0.15, -0.1) is 0 Å². The molecule has 16 heavy (non-hydrogen) atoms. The average molecular weight is 217 g/mol. The number of fused-ring (bicyclic) bond motifs is 1. The van der Waals surface area contributed by atoms with Gasteiger partial charge in [-0.1, -0.05) is 0 Å². The van der Waals surface area contributed by atoms with Crippen LogP contribution < -0.4 is 10.6 Å². The van der Waals surface area contributed by atoms with Gasteiger partial charge in [0.15, 0.2) is 0 Å². The summed E-state index contributed by atoms with van der Waals surface area (Å²) in [6, 6.07) is 4.19. The maximum atomic E-state index is 11.7. The molecule has 3 rings (SSSR count). The van der Waals surface area contributed by atoms with Crippen LogP contribution in [0.2, 0.25) is 0 Å². The van der Waals surface area contributed by atoms with Gasteiger partial charge in [0.25, 0.3) is 0 Å². The zero-order valence-corrected chi connectivity index (χ0v) is 9.02. The summed E-state index contributed by atoms with van der Waals surface area (Å²) in [5.41, 5.74) is 1.02. The monoisotopic (exact) mass is 217 g/mol. The summed E-state index contributed by atoms with van der Waals surface area (Å²) in [5.74, 6) is 1.49. The fourth-order valence-electron chi connectivity index (χ4n) is 2.56. The van der Waals surface area contributed by atoms with Crippen LogP contribution in [0.3, 0.4) is 0 Å². The summed E-state index contributed by atoms with van der Waals surface area (Å²) in [6.45, 7) is 2.12. The summed E-state index contributed by atoms with van der Waals surface area (Å²) in [6.07, 6.45) is 3.91. The van der Waals surface area contributed by atoms with Gasteiger partial charge in [0.1, 0.15) is 0 Å². The fourth-order valence-corrected chi connectivity index (χ4v) is 2.56. The molecule has 2 unspecified atom stereocenters. The summed E-state index contributed by atoms with van der Waals surface area (Å²) < 4.78 is 0. The lowest BCUT2D eigenvalue weighted by molar-refractivity contribution is -0.120. The molecule has 0 aromatic carbocycles. The molecule has 2 aliphatic rings. The van der Waals surface area contributed by atoms with E-state index in [4.69, 9.17) is 0 Å². The van der Waals surface area contributed by atoms with E-state index in [0.29, 0.717) is 24.3 Å². The Morgan fingerprint density at radius 1 is 1.38 bits per heavy atom. The van der Waals surface area contributed by atoms with Gasteiger partial charge in [-0.05, 0) is 29.5 Å². The zero-order valence-electron chi connectivity index (χ0n) is 9.02. The fraction of sp³-hybridized carbons (Fsp3) is 0.500. The van der Waals surface area contributed by atoms with E-state index in [1.165, 1.54) is 0 Å². The topological polar surface area (TPSA) is 54.0 Å². The van der Waals surface area contributed by atoms with E-state index in [-0.39, 0.29) is 5.91 Å². The highest BCUT2D eigenvalue weighted by Gasteiger charge is 2.53.